The zero-order valence-electron chi connectivity index (χ0n) is 30.4. The van der Waals surface area contributed by atoms with Crippen LogP contribution in [0.5, 0.6) is 5.75 Å². The number of hydrogen-bond acceptors (Lipinski definition) is 8. The summed E-state index contributed by atoms with van der Waals surface area (Å²) in [4.78, 5) is 26.0. The molecule has 2 amide bonds. The van der Waals surface area contributed by atoms with E-state index in [2.05, 4.69) is 41.0 Å². The Bertz CT molecular complexity index is 2010. The third-order valence-electron chi connectivity index (χ3n) is 9.31. The fourth-order valence-corrected chi connectivity index (χ4v) is 7.40. The van der Waals surface area contributed by atoms with Crippen molar-refractivity contribution < 1.29 is 28.9 Å². The average molecular weight is 746 g/mol. The number of benzene rings is 5. The Morgan fingerprint density at radius 1 is 0.796 bits per heavy atom. The number of para-hydroxylation sites is 3. The topological polar surface area (TPSA) is 132 Å². The van der Waals surface area contributed by atoms with Gasteiger partial charge in [-0.05, 0) is 77.1 Å². The maximum absolute atomic E-state index is 12.6. The van der Waals surface area contributed by atoms with E-state index < -0.39 is 6.29 Å². The Labute approximate surface area is 321 Å². The van der Waals surface area contributed by atoms with Crippen LogP contribution in [0.15, 0.2) is 126 Å². The number of carbonyl (C=O) groups is 2. The molecule has 1 heterocycles. The van der Waals surface area contributed by atoms with Crippen molar-refractivity contribution in [2.75, 3.05) is 23.9 Å². The Hall–Kier alpha value is -5.13. The standard InChI is InChI=1S/C44H47N3O6S/c1-51-39-16-4-5-17-41(39)54-29-36-26-40(32-22-20-30(28-48)21-23-32)53-44(52-36)35-13-9-12-34(25-35)33-11-8-10-31(24-33)27-46-42(49)18-6-7-19-43(50)47-38-15-3-2-14-37(38)45/h2-5,8-17,20-25,36,40,44,48H,6-7,18-19,26-29,45H2,1H3,(H,46,49)(H,47,50)/t36-,40+,44+/m1/s1. The number of nitrogens with one attached hydrogen (secondary N) is 2. The van der Waals surface area contributed by atoms with Gasteiger partial charge in [0.2, 0.25) is 11.8 Å². The largest absolute Gasteiger partial charge is 0.496 e. The number of nitrogen functional groups attached to an aromatic ring is 1. The molecule has 0 aromatic heterocycles. The highest BCUT2D eigenvalue weighted by Gasteiger charge is 2.32. The third-order valence-corrected chi connectivity index (χ3v) is 10.5. The summed E-state index contributed by atoms with van der Waals surface area (Å²) < 4.78 is 18.8. The lowest BCUT2D eigenvalue weighted by Crippen LogP contribution is -2.31. The van der Waals surface area contributed by atoms with Crippen LogP contribution < -0.4 is 21.1 Å². The van der Waals surface area contributed by atoms with Crippen LogP contribution in [-0.4, -0.2) is 35.9 Å². The van der Waals surface area contributed by atoms with Crippen LogP contribution in [0.2, 0.25) is 0 Å². The Morgan fingerprint density at radius 3 is 2.30 bits per heavy atom. The van der Waals surface area contributed by atoms with E-state index in [1.165, 1.54) is 0 Å². The molecule has 0 radical (unpaired) electrons. The van der Waals surface area contributed by atoms with Crippen molar-refractivity contribution in [3.8, 4) is 16.9 Å². The predicted molar refractivity (Wildman–Crippen MR) is 214 cm³/mol. The smallest absolute Gasteiger partial charge is 0.224 e. The number of aliphatic hydroxyl groups is 1. The SMILES string of the molecule is COc1ccccc1SC[C@H]1C[C@@H](c2ccc(CO)cc2)O[C@@H](c2cccc(-c3cccc(CNC(=O)CCCCC(=O)Nc4ccccc4N)c3)c2)O1. The molecule has 5 N–H and O–H groups in total. The van der Waals surface area contributed by atoms with Gasteiger partial charge in [-0.25, -0.2) is 0 Å². The third kappa shape index (κ3) is 10.7. The Morgan fingerprint density at radius 2 is 1.52 bits per heavy atom. The van der Waals surface area contributed by atoms with Gasteiger partial charge >= 0.3 is 0 Å². The maximum atomic E-state index is 12.6. The van der Waals surface area contributed by atoms with Crippen LogP contribution in [0, 0.1) is 0 Å². The molecule has 6 rings (SSSR count). The summed E-state index contributed by atoms with van der Waals surface area (Å²) in [6.07, 6.45) is 1.68. The number of carbonyl (C=O) groups excluding carboxylic acids is 2. The molecule has 1 aliphatic rings. The van der Waals surface area contributed by atoms with Crippen molar-refractivity contribution >= 4 is 35.0 Å². The average Bonchev–Trinajstić information content (AvgIpc) is 3.22. The van der Waals surface area contributed by atoms with Gasteiger partial charge < -0.3 is 35.7 Å². The summed E-state index contributed by atoms with van der Waals surface area (Å²) in [7, 11) is 1.68. The molecule has 0 spiro atoms. The highest BCUT2D eigenvalue weighted by atomic mass is 32.2. The number of unbranched alkanes of at least 4 members (excludes halogenated alkanes) is 1. The highest BCUT2D eigenvalue weighted by Crippen LogP contribution is 2.41. The number of anilines is 2. The van der Waals surface area contributed by atoms with Gasteiger partial charge in [0.25, 0.3) is 0 Å². The molecule has 3 atom stereocenters. The minimum absolute atomic E-state index is 0.00986. The van der Waals surface area contributed by atoms with Crippen LogP contribution >= 0.6 is 11.8 Å². The van der Waals surface area contributed by atoms with Crippen molar-refractivity contribution in [1.82, 2.24) is 5.32 Å². The zero-order chi connectivity index (χ0) is 37.7. The molecule has 280 valence electrons. The Kier molecular flexibility index (Phi) is 13.8. The van der Waals surface area contributed by atoms with Gasteiger partial charge in [0.15, 0.2) is 6.29 Å². The fourth-order valence-electron chi connectivity index (χ4n) is 6.35. The lowest BCUT2D eigenvalue weighted by molar-refractivity contribution is -0.245. The molecule has 0 saturated carbocycles. The summed E-state index contributed by atoms with van der Waals surface area (Å²) in [5.41, 5.74) is 12.8. The first-order valence-corrected chi connectivity index (χ1v) is 19.2. The van der Waals surface area contributed by atoms with Gasteiger partial charge in [0.05, 0.1) is 37.3 Å². The van der Waals surface area contributed by atoms with Gasteiger partial charge in [-0.2, -0.15) is 0 Å². The van der Waals surface area contributed by atoms with Crippen LogP contribution in [-0.2, 0) is 32.2 Å². The van der Waals surface area contributed by atoms with E-state index >= 15 is 0 Å². The molecule has 0 bridgehead atoms. The zero-order valence-corrected chi connectivity index (χ0v) is 31.2. The molecular formula is C44H47N3O6S. The molecule has 5 aromatic carbocycles. The summed E-state index contributed by atoms with van der Waals surface area (Å²) >= 11 is 1.71. The number of hydrogen-bond donors (Lipinski definition) is 4. The summed E-state index contributed by atoms with van der Waals surface area (Å²) in [5, 5.41) is 15.4. The van der Waals surface area contributed by atoms with E-state index in [4.69, 9.17) is 19.9 Å². The van der Waals surface area contributed by atoms with Crippen molar-refractivity contribution in [1.29, 1.82) is 0 Å². The van der Waals surface area contributed by atoms with Gasteiger partial charge in [0.1, 0.15) is 5.75 Å². The minimum atomic E-state index is -0.588. The molecule has 1 aliphatic heterocycles. The molecule has 1 saturated heterocycles. The van der Waals surface area contributed by atoms with Gasteiger partial charge in [0, 0.05) is 42.0 Å². The number of rotatable bonds is 16. The van der Waals surface area contributed by atoms with E-state index in [0.29, 0.717) is 50.0 Å². The number of amides is 2. The van der Waals surface area contributed by atoms with Gasteiger partial charge in [-0.3, -0.25) is 9.59 Å². The first kappa shape index (κ1) is 38.6. The van der Waals surface area contributed by atoms with E-state index in [9.17, 15) is 14.7 Å². The lowest BCUT2D eigenvalue weighted by atomic mass is 9.99. The molecule has 0 unspecified atom stereocenters. The van der Waals surface area contributed by atoms with E-state index in [-0.39, 0.29) is 30.6 Å². The molecule has 9 nitrogen and oxygen atoms in total. The molecule has 5 aromatic rings. The Balaban J connectivity index is 1.06. The monoisotopic (exact) mass is 745 g/mol. The first-order valence-electron chi connectivity index (χ1n) is 18.2. The lowest BCUT2D eigenvalue weighted by Gasteiger charge is -2.36. The van der Waals surface area contributed by atoms with Crippen LogP contribution in [0.4, 0.5) is 11.4 Å². The second-order valence-electron chi connectivity index (χ2n) is 13.3. The minimum Gasteiger partial charge on any atom is -0.496 e. The van der Waals surface area contributed by atoms with Gasteiger partial charge in [-0.1, -0.05) is 84.9 Å². The second kappa shape index (κ2) is 19.3. The predicted octanol–water partition coefficient (Wildman–Crippen LogP) is 8.59. The first-order chi connectivity index (χ1) is 26.4. The van der Waals surface area contributed by atoms with Crippen molar-refractivity contribution in [2.24, 2.45) is 0 Å². The molecule has 54 heavy (non-hydrogen) atoms. The summed E-state index contributed by atoms with van der Waals surface area (Å²) in [5.74, 6) is 1.38. The quantitative estimate of drug-likeness (QED) is 0.0449. The summed E-state index contributed by atoms with van der Waals surface area (Å²) in [6, 6.07) is 39.4. The van der Waals surface area contributed by atoms with Crippen LogP contribution in [0.1, 0.15) is 66.8 Å². The second-order valence-corrected chi connectivity index (χ2v) is 14.3. The molecule has 1 fully saturated rings. The van der Waals surface area contributed by atoms with Gasteiger partial charge in [-0.15, -0.1) is 11.8 Å². The number of aliphatic hydroxyl groups excluding tert-OH is 1. The summed E-state index contributed by atoms with van der Waals surface area (Å²) in [6.45, 7) is 0.390. The number of ether oxygens (including phenoxy) is 3. The van der Waals surface area contributed by atoms with E-state index in [0.717, 1.165) is 49.8 Å². The van der Waals surface area contributed by atoms with Crippen molar-refractivity contribution in [3.05, 3.63) is 144 Å². The van der Waals surface area contributed by atoms with E-state index in [1.807, 2.05) is 78.9 Å². The normalized spacial score (nSPS) is 16.7. The van der Waals surface area contributed by atoms with E-state index in [1.54, 1.807) is 31.0 Å². The fraction of sp³-hybridized carbons (Fsp3) is 0.273. The highest BCUT2D eigenvalue weighted by molar-refractivity contribution is 7.99. The number of thioether (sulfide) groups is 1. The number of nitrogens with two attached hydrogens (primary N) is 1. The molecule has 0 aliphatic carbocycles. The number of methoxy groups -OCH3 is 1. The molecule has 10 heteroatoms. The molecular weight excluding hydrogens is 699 g/mol. The van der Waals surface area contributed by atoms with Crippen LogP contribution in [0.3, 0.4) is 0 Å². The van der Waals surface area contributed by atoms with Crippen molar-refractivity contribution in [2.45, 2.75) is 68.6 Å². The van der Waals surface area contributed by atoms with Crippen molar-refractivity contribution in [3.63, 3.8) is 0 Å². The van der Waals surface area contributed by atoms with Crippen LogP contribution in [0.25, 0.3) is 11.1 Å². The maximum Gasteiger partial charge on any atom is 0.224 e.